The van der Waals surface area contributed by atoms with E-state index in [1.54, 1.807) is 6.92 Å². The molecule has 1 heterocycles. The smallest absolute Gasteiger partial charge is 0.244 e. The SMILES string of the molecule is CCC(=O)NCN1C(=O)CC(SC(C)C)C1=O. The van der Waals surface area contributed by atoms with E-state index in [0.717, 1.165) is 4.90 Å². The van der Waals surface area contributed by atoms with Gasteiger partial charge in [0.1, 0.15) is 6.67 Å². The third kappa shape index (κ3) is 3.73. The van der Waals surface area contributed by atoms with E-state index in [1.165, 1.54) is 11.8 Å². The van der Waals surface area contributed by atoms with Gasteiger partial charge in [0.05, 0.1) is 5.25 Å². The van der Waals surface area contributed by atoms with E-state index in [-0.39, 0.29) is 36.1 Å². The number of likely N-dealkylation sites (tertiary alicyclic amines) is 1. The minimum absolute atomic E-state index is 0.000501. The number of nitrogens with one attached hydrogen (secondary N) is 1. The van der Waals surface area contributed by atoms with E-state index in [1.807, 2.05) is 13.8 Å². The zero-order chi connectivity index (χ0) is 13.0. The molecule has 0 aliphatic carbocycles. The first-order valence-corrected chi connectivity index (χ1v) is 6.66. The van der Waals surface area contributed by atoms with Gasteiger partial charge in [-0.1, -0.05) is 20.8 Å². The molecule has 6 heteroatoms. The highest BCUT2D eigenvalue weighted by molar-refractivity contribution is 8.01. The molecule has 0 aromatic carbocycles. The molecule has 1 atom stereocenters. The van der Waals surface area contributed by atoms with Gasteiger partial charge in [0.2, 0.25) is 17.7 Å². The molecule has 1 N–H and O–H groups in total. The van der Waals surface area contributed by atoms with Crippen molar-refractivity contribution in [2.75, 3.05) is 6.67 Å². The molecule has 0 aromatic heterocycles. The minimum atomic E-state index is -0.291. The highest BCUT2D eigenvalue weighted by Crippen LogP contribution is 2.27. The molecule has 5 nitrogen and oxygen atoms in total. The number of carbonyl (C=O) groups excluding carboxylic acids is 3. The molecule has 1 saturated heterocycles. The van der Waals surface area contributed by atoms with Gasteiger partial charge in [-0.15, -0.1) is 11.8 Å². The van der Waals surface area contributed by atoms with Crippen LogP contribution < -0.4 is 5.32 Å². The van der Waals surface area contributed by atoms with Gasteiger partial charge in [0.25, 0.3) is 0 Å². The zero-order valence-electron chi connectivity index (χ0n) is 10.4. The number of amides is 3. The molecule has 1 unspecified atom stereocenters. The molecule has 1 fully saturated rings. The molecule has 0 saturated carbocycles. The van der Waals surface area contributed by atoms with Gasteiger partial charge in [-0.2, -0.15) is 0 Å². The van der Waals surface area contributed by atoms with Gasteiger partial charge in [-0.05, 0) is 5.25 Å². The average molecular weight is 258 g/mol. The van der Waals surface area contributed by atoms with Crippen LogP contribution in [0.1, 0.15) is 33.6 Å². The van der Waals surface area contributed by atoms with E-state index < -0.39 is 0 Å². The first-order chi connectivity index (χ1) is 7.95. The molecule has 1 aliphatic heterocycles. The normalized spacial score (nSPS) is 20.2. The van der Waals surface area contributed by atoms with Crippen molar-refractivity contribution >= 4 is 29.5 Å². The molecule has 0 spiro atoms. The fourth-order valence-electron chi connectivity index (χ4n) is 1.55. The summed E-state index contributed by atoms with van der Waals surface area (Å²) in [6.45, 7) is 5.70. The van der Waals surface area contributed by atoms with Crippen LogP contribution in [0.2, 0.25) is 0 Å². The fraction of sp³-hybridized carbons (Fsp3) is 0.727. The lowest BCUT2D eigenvalue weighted by atomic mass is 10.4. The number of rotatable bonds is 5. The third-order valence-electron chi connectivity index (χ3n) is 2.39. The van der Waals surface area contributed by atoms with Crippen molar-refractivity contribution in [3.05, 3.63) is 0 Å². The van der Waals surface area contributed by atoms with Crippen molar-refractivity contribution < 1.29 is 14.4 Å². The van der Waals surface area contributed by atoms with Crippen LogP contribution in [-0.2, 0) is 14.4 Å². The fourth-order valence-corrected chi connectivity index (χ4v) is 2.69. The second kappa shape index (κ2) is 6.05. The Morgan fingerprint density at radius 2 is 2.18 bits per heavy atom. The Morgan fingerprint density at radius 1 is 1.53 bits per heavy atom. The summed E-state index contributed by atoms with van der Waals surface area (Å²) < 4.78 is 0. The van der Waals surface area contributed by atoms with Crippen LogP contribution >= 0.6 is 11.8 Å². The molecule has 96 valence electrons. The topological polar surface area (TPSA) is 66.5 Å². The summed E-state index contributed by atoms with van der Waals surface area (Å²) in [6.07, 6.45) is 0.587. The summed E-state index contributed by atoms with van der Waals surface area (Å²) in [6, 6.07) is 0. The summed E-state index contributed by atoms with van der Waals surface area (Å²) in [7, 11) is 0. The van der Waals surface area contributed by atoms with Crippen molar-refractivity contribution in [1.82, 2.24) is 10.2 Å². The largest absolute Gasteiger partial charge is 0.338 e. The Hall–Kier alpha value is -1.04. The van der Waals surface area contributed by atoms with E-state index in [0.29, 0.717) is 11.7 Å². The molecule has 0 aromatic rings. The maximum absolute atomic E-state index is 11.9. The van der Waals surface area contributed by atoms with Crippen LogP contribution in [0, 0.1) is 0 Å². The van der Waals surface area contributed by atoms with Gasteiger partial charge in [0, 0.05) is 12.8 Å². The Kier molecular flexibility index (Phi) is 4.99. The Balaban J connectivity index is 2.53. The summed E-state index contributed by atoms with van der Waals surface area (Å²) >= 11 is 1.49. The molecule has 17 heavy (non-hydrogen) atoms. The molecule has 0 bridgehead atoms. The van der Waals surface area contributed by atoms with Crippen molar-refractivity contribution in [3.8, 4) is 0 Å². The van der Waals surface area contributed by atoms with Gasteiger partial charge in [-0.25, -0.2) is 0 Å². The molecular formula is C11H18N2O3S. The summed E-state index contributed by atoms with van der Waals surface area (Å²) in [5.74, 6) is -0.555. The van der Waals surface area contributed by atoms with Crippen molar-refractivity contribution in [1.29, 1.82) is 0 Å². The molecule has 1 aliphatic rings. The lowest BCUT2D eigenvalue weighted by Gasteiger charge is -2.15. The van der Waals surface area contributed by atoms with Crippen LogP contribution in [0.5, 0.6) is 0 Å². The van der Waals surface area contributed by atoms with E-state index in [2.05, 4.69) is 5.32 Å². The number of carbonyl (C=O) groups is 3. The van der Waals surface area contributed by atoms with Crippen LogP contribution in [0.3, 0.4) is 0 Å². The van der Waals surface area contributed by atoms with Crippen molar-refractivity contribution in [3.63, 3.8) is 0 Å². The maximum Gasteiger partial charge on any atom is 0.244 e. The van der Waals surface area contributed by atoms with Crippen LogP contribution in [0.4, 0.5) is 0 Å². The van der Waals surface area contributed by atoms with Crippen LogP contribution in [-0.4, -0.2) is 39.8 Å². The molecule has 3 amide bonds. The second-order valence-electron chi connectivity index (χ2n) is 4.15. The maximum atomic E-state index is 11.9. The quantitative estimate of drug-likeness (QED) is 0.739. The summed E-state index contributed by atoms with van der Waals surface area (Å²) in [5.41, 5.74) is 0. The number of hydrogen-bond donors (Lipinski definition) is 1. The van der Waals surface area contributed by atoms with Gasteiger partial charge >= 0.3 is 0 Å². The van der Waals surface area contributed by atoms with Crippen LogP contribution in [0.25, 0.3) is 0 Å². The number of hydrogen-bond acceptors (Lipinski definition) is 4. The average Bonchev–Trinajstić information content (AvgIpc) is 2.51. The summed E-state index contributed by atoms with van der Waals surface area (Å²) in [4.78, 5) is 35.7. The van der Waals surface area contributed by atoms with Crippen molar-refractivity contribution in [2.24, 2.45) is 0 Å². The number of nitrogens with zero attached hydrogens (tertiary/aromatic N) is 1. The Morgan fingerprint density at radius 3 is 2.71 bits per heavy atom. The number of imide groups is 1. The Labute approximate surface area is 105 Å². The zero-order valence-corrected chi connectivity index (χ0v) is 11.2. The molecular weight excluding hydrogens is 240 g/mol. The van der Waals surface area contributed by atoms with E-state index in [4.69, 9.17) is 0 Å². The molecule has 1 rings (SSSR count). The highest BCUT2D eigenvalue weighted by atomic mass is 32.2. The highest BCUT2D eigenvalue weighted by Gasteiger charge is 2.39. The predicted molar refractivity (Wildman–Crippen MR) is 66.3 cm³/mol. The molecule has 0 radical (unpaired) electrons. The predicted octanol–water partition coefficient (Wildman–Crippen LogP) is 0.739. The lowest BCUT2D eigenvalue weighted by Crippen LogP contribution is -2.41. The second-order valence-corrected chi connectivity index (χ2v) is 5.93. The third-order valence-corrected chi connectivity index (χ3v) is 3.64. The van der Waals surface area contributed by atoms with Crippen LogP contribution in [0.15, 0.2) is 0 Å². The van der Waals surface area contributed by atoms with Gasteiger partial charge in [0.15, 0.2) is 0 Å². The van der Waals surface area contributed by atoms with E-state index in [9.17, 15) is 14.4 Å². The lowest BCUT2D eigenvalue weighted by molar-refractivity contribution is -0.139. The summed E-state index contributed by atoms with van der Waals surface area (Å²) in [5, 5.41) is 2.56. The van der Waals surface area contributed by atoms with E-state index >= 15 is 0 Å². The van der Waals surface area contributed by atoms with Gasteiger partial charge in [-0.3, -0.25) is 19.3 Å². The first kappa shape index (κ1) is 14.0. The van der Waals surface area contributed by atoms with Gasteiger partial charge < -0.3 is 5.32 Å². The van der Waals surface area contributed by atoms with Crippen molar-refractivity contribution in [2.45, 2.75) is 44.1 Å². The first-order valence-electron chi connectivity index (χ1n) is 5.72. The minimum Gasteiger partial charge on any atom is -0.338 e. The standard InChI is InChI=1S/C11H18N2O3S/c1-4-9(14)12-6-13-10(15)5-8(11(13)16)17-7(2)3/h7-8H,4-6H2,1-3H3,(H,12,14). The Bertz CT molecular complexity index is 331. The monoisotopic (exact) mass is 258 g/mol. The number of thioether (sulfide) groups is 1.